The van der Waals surface area contributed by atoms with Crippen LogP contribution in [-0.4, -0.2) is 10.1 Å². The standard InChI is InChI=1S/C18H15N3O/c1-12(2)18-16(14-7-5-13(10-19)6-8-14)17(21-22-18)15-4-3-9-20-11-15/h3-9,11-12H,1-2H3. The van der Waals surface area contributed by atoms with Gasteiger partial charge in [0.25, 0.3) is 0 Å². The number of hydrogen-bond acceptors (Lipinski definition) is 4. The summed E-state index contributed by atoms with van der Waals surface area (Å²) in [5.41, 5.74) is 4.28. The molecule has 3 aromatic rings. The van der Waals surface area contributed by atoms with Gasteiger partial charge in [0.1, 0.15) is 11.5 Å². The van der Waals surface area contributed by atoms with Crippen LogP contribution in [0.25, 0.3) is 22.4 Å². The van der Waals surface area contributed by atoms with Crippen molar-refractivity contribution >= 4 is 0 Å². The second kappa shape index (κ2) is 5.82. The van der Waals surface area contributed by atoms with Crippen molar-refractivity contribution in [3.8, 4) is 28.5 Å². The van der Waals surface area contributed by atoms with Gasteiger partial charge in [-0.25, -0.2) is 0 Å². The molecule has 0 spiro atoms. The number of nitrogens with zero attached hydrogens (tertiary/aromatic N) is 3. The van der Waals surface area contributed by atoms with Crippen LogP contribution in [0.5, 0.6) is 0 Å². The first-order valence-corrected chi connectivity index (χ1v) is 7.11. The molecule has 1 aromatic carbocycles. The zero-order chi connectivity index (χ0) is 15.5. The van der Waals surface area contributed by atoms with E-state index in [0.717, 1.165) is 28.1 Å². The maximum absolute atomic E-state index is 8.95. The average molecular weight is 289 g/mol. The Labute approximate surface area is 129 Å². The predicted octanol–water partition coefficient (Wildman–Crippen LogP) is 4.40. The summed E-state index contributed by atoms with van der Waals surface area (Å²) < 4.78 is 5.58. The SMILES string of the molecule is CC(C)c1onc(-c2cccnc2)c1-c1ccc(C#N)cc1. The molecule has 0 atom stereocenters. The Morgan fingerprint density at radius 1 is 1.09 bits per heavy atom. The van der Waals surface area contributed by atoms with E-state index in [4.69, 9.17) is 9.78 Å². The van der Waals surface area contributed by atoms with E-state index in [0.29, 0.717) is 5.56 Å². The second-order valence-corrected chi connectivity index (χ2v) is 5.36. The van der Waals surface area contributed by atoms with Gasteiger partial charge < -0.3 is 4.52 Å². The highest BCUT2D eigenvalue weighted by atomic mass is 16.5. The zero-order valence-corrected chi connectivity index (χ0v) is 12.4. The van der Waals surface area contributed by atoms with Crippen molar-refractivity contribution < 1.29 is 4.52 Å². The van der Waals surface area contributed by atoms with Crippen LogP contribution in [0.2, 0.25) is 0 Å². The fourth-order valence-electron chi connectivity index (χ4n) is 2.39. The first kappa shape index (κ1) is 14.0. The van der Waals surface area contributed by atoms with Gasteiger partial charge in [-0.1, -0.05) is 31.1 Å². The molecule has 0 aliphatic heterocycles. The summed E-state index contributed by atoms with van der Waals surface area (Å²) in [6.07, 6.45) is 3.50. The summed E-state index contributed by atoms with van der Waals surface area (Å²) >= 11 is 0. The first-order chi connectivity index (χ1) is 10.7. The smallest absolute Gasteiger partial charge is 0.147 e. The van der Waals surface area contributed by atoms with Gasteiger partial charge in [-0.15, -0.1) is 0 Å². The highest BCUT2D eigenvalue weighted by Crippen LogP contribution is 2.37. The molecular weight excluding hydrogens is 274 g/mol. The number of nitriles is 1. The average Bonchev–Trinajstić information content (AvgIpc) is 3.01. The van der Waals surface area contributed by atoms with Gasteiger partial charge in [0.2, 0.25) is 0 Å². The van der Waals surface area contributed by atoms with Gasteiger partial charge in [0.15, 0.2) is 0 Å². The lowest BCUT2D eigenvalue weighted by atomic mass is 9.95. The molecule has 0 unspecified atom stereocenters. The molecule has 0 saturated heterocycles. The van der Waals surface area contributed by atoms with E-state index in [1.165, 1.54) is 0 Å². The Bertz CT molecular complexity index is 812. The Kier molecular flexibility index (Phi) is 3.71. The number of aromatic nitrogens is 2. The third-order valence-electron chi connectivity index (χ3n) is 3.48. The van der Waals surface area contributed by atoms with Gasteiger partial charge in [-0.05, 0) is 29.8 Å². The molecule has 0 radical (unpaired) electrons. The van der Waals surface area contributed by atoms with Crippen molar-refractivity contribution in [3.05, 3.63) is 60.1 Å². The van der Waals surface area contributed by atoms with Crippen LogP contribution < -0.4 is 0 Å². The maximum Gasteiger partial charge on any atom is 0.147 e. The molecule has 108 valence electrons. The van der Waals surface area contributed by atoms with Crippen LogP contribution >= 0.6 is 0 Å². The highest BCUT2D eigenvalue weighted by molar-refractivity contribution is 5.82. The van der Waals surface area contributed by atoms with E-state index in [1.54, 1.807) is 24.5 Å². The van der Waals surface area contributed by atoms with Crippen LogP contribution in [0.4, 0.5) is 0 Å². The molecular formula is C18H15N3O. The fraction of sp³-hybridized carbons (Fsp3) is 0.167. The van der Waals surface area contributed by atoms with Gasteiger partial charge in [0.05, 0.1) is 17.2 Å². The Morgan fingerprint density at radius 2 is 1.86 bits per heavy atom. The molecule has 2 aromatic heterocycles. The summed E-state index contributed by atoms with van der Waals surface area (Å²) in [6.45, 7) is 4.14. The lowest BCUT2D eigenvalue weighted by Crippen LogP contribution is -1.90. The summed E-state index contributed by atoms with van der Waals surface area (Å²) in [6, 6.07) is 13.4. The summed E-state index contributed by atoms with van der Waals surface area (Å²) in [5.74, 6) is 1.05. The number of hydrogen-bond donors (Lipinski definition) is 0. The van der Waals surface area contributed by atoms with Crippen LogP contribution in [0.15, 0.2) is 53.3 Å². The van der Waals surface area contributed by atoms with E-state index < -0.39 is 0 Å². The van der Waals surface area contributed by atoms with Crippen molar-refractivity contribution in [1.82, 2.24) is 10.1 Å². The normalized spacial score (nSPS) is 10.6. The Balaban J connectivity index is 2.19. The monoisotopic (exact) mass is 289 g/mol. The number of pyridine rings is 1. The van der Waals surface area contributed by atoms with Crippen LogP contribution in [0, 0.1) is 11.3 Å². The van der Waals surface area contributed by atoms with Gasteiger partial charge >= 0.3 is 0 Å². The first-order valence-electron chi connectivity index (χ1n) is 7.11. The molecule has 0 bridgehead atoms. The van der Waals surface area contributed by atoms with Crippen LogP contribution in [0.1, 0.15) is 31.1 Å². The topological polar surface area (TPSA) is 62.7 Å². The minimum absolute atomic E-state index is 0.212. The molecule has 0 N–H and O–H groups in total. The molecule has 4 nitrogen and oxygen atoms in total. The minimum atomic E-state index is 0.212. The largest absolute Gasteiger partial charge is 0.360 e. The second-order valence-electron chi connectivity index (χ2n) is 5.36. The van der Waals surface area contributed by atoms with Crippen LogP contribution in [-0.2, 0) is 0 Å². The molecule has 2 heterocycles. The fourth-order valence-corrected chi connectivity index (χ4v) is 2.39. The maximum atomic E-state index is 8.95. The summed E-state index contributed by atoms with van der Waals surface area (Å²) in [4.78, 5) is 4.15. The molecule has 22 heavy (non-hydrogen) atoms. The quantitative estimate of drug-likeness (QED) is 0.717. The summed E-state index contributed by atoms with van der Waals surface area (Å²) in [5, 5.41) is 13.2. The Morgan fingerprint density at radius 3 is 2.45 bits per heavy atom. The van der Waals surface area contributed by atoms with Gasteiger partial charge in [-0.2, -0.15) is 5.26 Å². The number of benzene rings is 1. The molecule has 0 amide bonds. The lowest BCUT2D eigenvalue weighted by molar-refractivity contribution is 0.373. The van der Waals surface area contributed by atoms with Crippen LogP contribution in [0.3, 0.4) is 0 Å². The molecule has 0 aliphatic rings. The van der Waals surface area contributed by atoms with Crippen molar-refractivity contribution in [2.24, 2.45) is 0 Å². The predicted molar refractivity (Wildman–Crippen MR) is 84.0 cm³/mol. The van der Waals surface area contributed by atoms with Crippen molar-refractivity contribution in [1.29, 1.82) is 5.26 Å². The molecule has 0 aliphatic carbocycles. The van der Waals surface area contributed by atoms with E-state index in [-0.39, 0.29) is 5.92 Å². The minimum Gasteiger partial charge on any atom is -0.360 e. The zero-order valence-electron chi connectivity index (χ0n) is 12.4. The molecule has 4 heteroatoms. The van der Waals surface area contributed by atoms with E-state index >= 15 is 0 Å². The van der Waals surface area contributed by atoms with E-state index in [9.17, 15) is 0 Å². The van der Waals surface area contributed by atoms with E-state index in [2.05, 4.69) is 30.1 Å². The lowest BCUT2D eigenvalue weighted by Gasteiger charge is -2.07. The van der Waals surface area contributed by atoms with Gasteiger partial charge in [0, 0.05) is 23.9 Å². The van der Waals surface area contributed by atoms with E-state index in [1.807, 2.05) is 24.3 Å². The summed E-state index contributed by atoms with van der Waals surface area (Å²) in [7, 11) is 0. The number of rotatable bonds is 3. The third kappa shape index (κ3) is 2.49. The Hall–Kier alpha value is -2.93. The van der Waals surface area contributed by atoms with Gasteiger partial charge in [-0.3, -0.25) is 4.98 Å². The molecule has 0 saturated carbocycles. The van der Waals surface area contributed by atoms with Crippen molar-refractivity contribution in [3.63, 3.8) is 0 Å². The third-order valence-corrected chi connectivity index (χ3v) is 3.48. The van der Waals surface area contributed by atoms with Crippen molar-refractivity contribution in [2.75, 3.05) is 0 Å². The highest BCUT2D eigenvalue weighted by Gasteiger charge is 2.21. The molecule has 3 rings (SSSR count). The molecule has 0 fully saturated rings. The van der Waals surface area contributed by atoms with Crippen molar-refractivity contribution in [2.45, 2.75) is 19.8 Å².